The summed E-state index contributed by atoms with van der Waals surface area (Å²) in [6.07, 6.45) is 3.61. The fourth-order valence-corrected chi connectivity index (χ4v) is 2.93. The van der Waals surface area contributed by atoms with Crippen LogP contribution < -0.4 is 0 Å². The number of nitrogens with zero attached hydrogens (tertiary/aromatic N) is 2. The van der Waals surface area contributed by atoms with Gasteiger partial charge in [0.15, 0.2) is 0 Å². The number of rotatable bonds is 6. The quantitative estimate of drug-likeness (QED) is 0.868. The lowest BCUT2D eigenvalue weighted by atomic mass is 10.1. The minimum atomic E-state index is -0.945. The summed E-state index contributed by atoms with van der Waals surface area (Å²) in [5.41, 5.74) is 0.846. The van der Waals surface area contributed by atoms with E-state index in [2.05, 4.69) is 16.8 Å². The number of likely N-dealkylation sites (tertiary alicyclic amines) is 1. The minimum absolute atomic E-state index is 0.172. The van der Waals surface area contributed by atoms with Gasteiger partial charge in [-0.3, -0.25) is 4.90 Å². The third-order valence-electron chi connectivity index (χ3n) is 3.14. The molecular formula is C13H20N2O3S. The molecule has 0 spiro atoms. The molecule has 6 heteroatoms. The van der Waals surface area contributed by atoms with Crippen molar-refractivity contribution in [3.05, 3.63) is 16.1 Å². The smallest absolute Gasteiger partial charge is 0.365 e. The van der Waals surface area contributed by atoms with Crippen molar-refractivity contribution in [1.82, 2.24) is 9.88 Å². The molecule has 1 aromatic rings. The summed E-state index contributed by atoms with van der Waals surface area (Å²) >= 11 is 1.19. The van der Waals surface area contributed by atoms with Gasteiger partial charge in [0, 0.05) is 25.1 Å². The van der Waals surface area contributed by atoms with Gasteiger partial charge in [-0.2, -0.15) is 0 Å². The van der Waals surface area contributed by atoms with Crippen LogP contribution in [0.3, 0.4) is 0 Å². The molecule has 1 atom stereocenters. The number of piperidine rings is 1. The van der Waals surface area contributed by atoms with Gasteiger partial charge >= 0.3 is 5.97 Å². The van der Waals surface area contributed by atoms with Gasteiger partial charge < -0.3 is 9.84 Å². The summed E-state index contributed by atoms with van der Waals surface area (Å²) in [4.78, 5) is 17.2. The van der Waals surface area contributed by atoms with E-state index in [1.807, 2.05) is 5.38 Å². The van der Waals surface area contributed by atoms with Crippen molar-refractivity contribution in [2.75, 3.05) is 19.7 Å². The van der Waals surface area contributed by atoms with E-state index >= 15 is 0 Å². The summed E-state index contributed by atoms with van der Waals surface area (Å²) in [6.45, 7) is 5.60. The standard InChI is InChI=1S/C13H20N2O3S/c1-2-6-18-11-4-3-5-15(8-11)7-10-9-19-12(14-10)13(16)17/h9,11H,2-8H2,1H3,(H,16,17). The zero-order chi connectivity index (χ0) is 13.7. The Morgan fingerprint density at radius 1 is 1.68 bits per heavy atom. The first-order valence-electron chi connectivity index (χ1n) is 6.70. The number of aromatic carboxylic acids is 1. The second kappa shape index (κ2) is 6.98. The Hall–Kier alpha value is -0.980. The maximum Gasteiger partial charge on any atom is 0.365 e. The summed E-state index contributed by atoms with van der Waals surface area (Å²) < 4.78 is 5.79. The van der Waals surface area contributed by atoms with E-state index < -0.39 is 5.97 Å². The number of carboxylic acids is 1. The Morgan fingerprint density at radius 2 is 2.53 bits per heavy atom. The molecule has 0 aliphatic carbocycles. The molecule has 19 heavy (non-hydrogen) atoms. The predicted molar refractivity (Wildman–Crippen MR) is 73.6 cm³/mol. The Kier molecular flexibility index (Phi) is 5.30. The van der Waals surface area contributed by atoms with Gasteiger partial charge in [0.2, 0.25) is 5.01 Å². The fourth-order valence-electron chi connectivity index (χ4n) is 2.28. The van der Waals surface area contributed by atoms with Crippen LogP contribution in [0, 0.1) is 0 Å². The number of thiazole rings is 1. The maximum absolute atomic E-state index is 10.8. The van der Waals surface area contributed by atoms with E-state index in [9.17, 15) is 4.79 Å². The Morgan fingerprint density at radius 3 is 3.21 bits per heavy atom. The van der Waals surface area contributed by atoms with Crippen molar-refractivity contribution < 1.29 is 14.6 Å². The van der Waals surface area contributed by atoms with Crippen LogP contribution in [0.25, 0.3) is 0 Å². The Bertz CT molecular complexity index is 422. The summed E-state index contributed by atoms with van der Waals surface area (Å²) in [6, 6.07) is 0. The van der Waals surface area contributed by atoms with E-state index in [0.717, 1.165) is 51.2 Å². The van der Waals surface area contributed by atoms with Crippen LogP contribution in [0.4, 0.5) is 0 Å². The van der Waals surface area contributed by atoms with Gasteiger partial charge in [-0.1, -0.05) is 6.92 Å². The summed E-state index contributed by atoms with van der Waals surface area (Å²) in [5.74, 6) is -0.945. The van der Waals surface area contributed by atoms with Crippen LogP contribution >= 0.6 is 11.3 Å². The van der Waals surface area contributed by atoms with Gasteiger partial charge in [0.05, 0.1) is 11.8 Å². The first-order valence-corrected chi connectivity index (χ1v) is 7.58. The van der Waals surface area contributed by atoms with E-state index in [1.165, 1.54) is 11.3 Å². The second-order valence-corrected chi connectivity index (χ2v) is 5.68. The van der Waals surface area contributed by atoms with Crippen molar-refractivity contribution in [2.45, 2.75) is 38.8 Å². The molecule has 106 valence electrons. The molecule has 0 saturated carbocycles. The van der Waals surface area contributed by atoms with Gasteiger partial charge in [0.25, 0.3) is 0 Å². The van der Waals surface area contributed by atoms with E-state index in [4.69, 9.17) is 9.84 Å². The topological polar surface area (TPSA) is 62.7 Å². The lowest BCUT2D eigenvalue weighted by Crippen LogP contribution is -2.39. The highest BCUT2D eigenvalue weighted by atomic mass is 32.1. The molecule has 5 nitrogen and oxygen atoms in total. The van der Waals surface area contributed by atoms with Crippen molar-refractivity contribution in [3.8, 4) is 0 Å². The van der Waals surface area contributed by atoms with E-state index in [1.54, 1.807) is 0 Å². The molecule has 1 N–H and O–H groups in total. The largest absolute Gasteiger partial charge is 0.476 e. The molecule has 2 rings (SSSR count). The molecule has 0 radical (unpaired) electrons. The molecule has 1 fully saturated rings. The lowest BCUT2D eigenvalue weighted by molar-refractivity contribution is -0.00250. The van der Waals surface area contributed by atoms with Crippen molar-refractivity contribution >= 4 is 17.3 Å². The number of carbonyl (C=O) groups is 1. The van der Waals surface area contributed by atoms with Crippen LogP contribution in [-0.2, 0) is 11.3 Å². The van der Waals surface area contributed by atoms with Crippen LogP contribution in [0.2, 0.25) is 0 Å². The third-order valence-corrected chi connectivity index (χ3v) is 4.02. The normalized spacial score (nSPS) is 20.6. The SMILES string of the molecule is CCCOC1CCCN(Cc2csc(C(=O)O)n2)C1. The van der Waals surface area contributed by atoms with Crippen molar-refractivity contribution in [1.29, 1.82) is 0 Å². The molecule has 0 aromatic carbocycles. The minimum Gasteiger partial charge on any atom is -0.476 e. The van der Waals surface area contributed by atoms with Gasteiger partial charge in [-0.15, -0.1) is 11.3 Å². The molecule has 1 aliphatic rings. The monoisotopic (exact) mass is 284 g/mol. The molecule has 1 aromatic heterocycles. The van der Waals surface area contributed by atoms with Gasteiger partial charge in [-0.25, -0.2) is 9.78 Å². The van der Waals surface area contributed by atoms with Gasteiger partial charge in [0.1, 0.15) is 0 Å². The first kappa shape index (κ1) is 14.4. The predicted octanol–water partition coefficient (Wildman–Crippen LogP) is 2.23. The number of carboxylic acid groups (broad SMARTS) is 1. The fraction of sp³-hybridized carbons (Fsp3) is 0.692. The molecule has 1 aliphatic heterocycles. The third kappa shape index (κ3) is 4.26. The number of ether oxygens (including phenoxy) is 1. The molecular weight excluding hydrogens is 264 g/mol. The molecule has 1 saturated heterocycles. The lowest BCUT2D eigenvalue weighted by Gasteiger charge is -2.32. The van der Waals surface area contributed by atoms with Crippen molar-refractivity contribution in [2.24, 2.45) is 0 Å². The second-order valence-electron chi connectivity index (χ2n) is 4.82. The highest BCUT2D eigenvalue weighted by molar-refractivity contribution is 7.11. The maximum atomic E-state index is 10.8. The molecule has 0 bridgehead atoms. The Labute approximate surface area is 117 Å². The van der Waals surface area contributed by atoms with Crippen molar-refractivity contribution in [3.63, 3.8) is 0 Å². The van der Waals surface area contributed by atoms with Crippen LogP contribution in [-0.4, -0.2) is 46.8 Å². The Balaban J connectivity index is 1.85. The van der Waals surface area contributed by atoms with Gasteiger partial charge in [-0.05, 0) is 25.8 Å². The van der Waals surface area contributed by atoms with E-state index in [-0.39, 0.29) is 5.01 Å². The highest BCUT2D eigenvalue weighted by Gasteiger charge is 2.21. The average Bonchev–Trinajstić information content (AvgIpc) is 2.85. The highest BCUT2D eigenvalue weighted by Crippen LogP contribution is 2.17. The molecule has 0 amide bonds. The van der Waals surface area contributed by atoms with Crippen LogP contribution in [0.5, 0.6) is 0 Å². The summed E-state index contributed by atoms with van der Waals surface area (Å²) in [7, 11) is 0. The number of hydrogen-bond acceptors (Lipinski definition) is 5. The number of hydrogen-bond donors (Lipinski definition) is 1. The zero-order valence-electron chi connectivity index (χ0n) is 11.2. The molecule has 2 heterocycles. The zero-order valence-corrected chi connectivity index (χ0v) is 12.0. The molecule has 1 unspecified atom stereocenters. The summed E-state index contributed by atoms with van der Waals surface area (Å²) in [5, 5.41) is 10.9. The average molecular weight is 284 g/mol. The van der Waals surface area contributed by atoms with Crippen LogP contribution in [0.15, 0.2) is 5.38 Å². The van der Waals surface area contributed by atoms with Crippen LogP contribution in [0.1, 0.15) is 41.7 Å². The number of aromatic nitrogens is 1. The van der Waals surface area contributed by atoms with E-state index in [0.29, 0.717) is 6.10 Å². The first-order chi connectivity index (χ1) is 9.19.